The van der Waals surface area contributed by atoms with E-state index >= 15 is 0 Å². The van der Waals surface area contributed by atoms with E-state index in [1.54, 1.807) is 0 Å². The number of allylic oxidation sites excluding steroid dienone is 2. The molecule has 19 heavy (non-hydrogen) atoms. The summed E-state index contributed by atoms with van der Waals surface area (Å²) in [4.78, 5) is 4.86. The molecule has 0 saturated heterocycles. The lowest BCUT2D eigenvalue weighted by Crippen LogP contribution is -2.35. The van der Waals surface area contributed by atoms with Crippen LogP contribution in [-0.2, 0) is 0 Å². The molecule has 1 aromatic carbocycles. The van der Waals surface area contributed by atoms with Crippen molar-refractivity contribution in [3.8, 4) is 0 Å². The van der Waals surface area contributed by atoms with Gasteiger partial charge in [-0.1, -0.05) is 38.1 Å². The maximum Gasteiger partial charge on any atom is 0.107 e. The number of rotatable bonds is 1. The lowest BCUT2D eigenvalue weighted by molar-refractivity contribution is 0.366. The molecule has 1 unspecified atom stereocenters. The molecule has 2 nitrogen and oxygen atoms in total. The number of aryl methyl sites for hydroxylation is 1. The van der Waals surface area contributed by atoms with Gasteiger partial charge in [0.15, 0.2) is 0 Å². The predicted molar refractivity (Wildman–Crippen MR) is 80.6 cm³/mol. The van der Waals surface area contributed by atoms with Crippen LogP contribution in [0.15, 0.2) is 47.9 Å². The highest BCUT2D eigenvalue weighted by atomic mass is 15.4. The third-order valence-electron chi connectivity index (χ3n) is 4.38. The molecule has 2 aliphatic rings. The molecule has 0 fully saturated rings. The Labute approximate surface area is 116 Å². The van der Waals surface area contributed by atoms with E-state index in [1.165, 1.54) is 22.6 Å². The van der Waals surface area contributed by atoms with Crippen molar-refractivity contribution in [3.05, 3.63) is 53.5 Å². The zero-order chi connectivity index (χ0) is 13.8. The van der Waals surface area contributed by atoms with Crippen molar-refractivity contribution < 1.29 is 0 Å². The molecule has 0 amide bonds. The minimum absolute atomic E-state index is 0.135. The fourth-order valence-electron chi connectivity index (χ4n) is 3.45. The molecule has 1 atom stereocenters. The number of fused-ring (bicyclic) bond motifs is 1. The van der Waals surface area contributed by atoms with Gasteiger partial charge in [-0.3, -0.25) is 0 Å². The second-order valence-electron chi connectivity index (χ2n) is 6.17. The highest BCUT2D eigenvalue weighted by Gasteiger charge is 2.42. The van der Waals surface area contributed by atoms with Gasteiger partial charge in [-0.2, -0.15) is 0 Å². The molecular formula is C17H22N2. The van der Waals surface area contributed by atoms with Crippen LogP contribution in [0, 0.1) is 12.3 Å². The summed E-state index contributed by atoms with van der Waals surface area (Å²) in [5, 5.41) is 0. The molecule has 0 aromatic heterocycles. The Morgan fingerprint density at radius 2 is 1.79 bits per heavy atom. The van der Waals surface area contributed by atoms with Crippen LogP contribution in [0.4, 0.5) is 5.69 Å². The van der Waals surface area contributed by atoms with Crippen LogP contribution in [0.5, 0.6) is 0 Å². The summed E-state index contributed by atoms with van der Waals surface area (Å²) in [6, 6.07) is 8.63. The van der Waals surface area contributed by atoms with E-state index in [4.69, 9.17) is 0 Å². The summed E-state index contributed by atoms with van der Waals surface area (Å²) in [5.41, 5.74) is 5.59. The SMILES string of the molecule is CC1=C2N(C=CC2(C)C)C(C)N1c1ccccc1C. The predicted octanol–water partition coefficient (Wildman–Crippen LogP) is 4.25. The van der Waals surface area contributed by atoms with Crippen molar-refractivity contribution in [3.63, 3.8) is 0 Å². The first-order chi connectivity index (χ1) is 8.93. The number of para-hydroxylation sites is 1. The van der Waals surface area contributed by atoms with Crippen LogP contribution in [0.1, 0.15) is 33.3 Å². The fraction of sp³-hybridized carbons (Fsp3) is 0.412. The smallest absolute Gasteiger partial charge is 0.107 e. The highest BCUT2D eigenvalue weighted by molar-refractivity contribution is 5.62. The molecule has 2 heteroatoms. The average Bonchev–Trinajstić information content (AvgIpc) is 2.79. The van der Waals surface area contributed by atoms with Gasteiger partial charge < -0.3 is 9.80 Å². The highest BCUT2D eigenvalue weighted by Crippen LogP contribution is 2.47. The molecule has 100 valence electrons. The molecule has 0 saturated carbocycles. The Morgan fingerprint density at radius 3 is 2.42 bits per heavy atom. The van der Waals surface area contributed by atoms with Gasteiger partial charge >= 0.3 is 0 Å². The van der Waals surface area contributed by atoms with Gasteiger partial charge in [-0.15, -0.1) is 0 Å². The van der Waals surface area contributed by atoms with E-state index in [9.17, 15) is 0 Å². The molecule has 2 heterocycles. The molecule has 3 rings (SSSR count). The van der Waals surface area contributed by atoms with E-state index in [1.807, 2.05) is 0 Å². The summed E-state index contributed by atoms with van der Waals surface area (Å²) in [5.74, 6) is 0. The number of hydrogen-bond acceptors (Lipinski definition) is 2. The van der Waals surface area contributed by atoms with Crippen LogP contribution in [-0.4, -0.2) is 11.1 Å². The third-order valence-corrected chi connectivity index (χ3v) is 4.38. The van der Waals surface area contributed by atoms with E-state index < -0.39 is 0 Å². The molecule has 0 aliphatic carbocycles. The Kier molecular flexibility index (Phi) is 2.53. The van der Waals surface area contributed by atoms with Crippen molar-refractivity contribution >= 4 is 5.69 Å². The largest absolute Gasteiger partial charge is 0.328 e. The van der Waals surface area contributed by atoms with Gasteiger partial charge in [-0.05, 0) is 32.4 Å². The van der Waals surface area contributed by atoms with E-state index in [0.717, 1.165) is 0 Å². The van der Waals surface area contributed by atoms with Crippen molar-refractivity contribution in [1.29, 1.82) is 0 Å². The summed E-state index contributed by atoms with van der Waals surface area (Å²) < 4.78 is 0. The molecule has 2 aliphatic heterocycles. The quantitative estimate of drug-likeness (QED) is 0.739. The fourth-order valence-corrected chi connectivity index (χ4v) is 3.45. The molecule has 0 radical (unpaired) electrons. The van der Waals surface area contributed by atoms with Crippen LogP contribution < -0.4 is 4.90 Å². The van der Waals surface area contributed by atoms with Crippen molar-refractivity contribution in [2.24, 2.45) is 5.41 Å². The first-order valence-corrected chi connectivity index (χ1v) is 6.97. The van der Waals surface area contributed by atoms with E-state index in [0.29, 0.717) is 6.17 Å². The number of nitrogens with zero attached hydrogens (tertiary/aromatic N) is 2. The van der Waals surface area contributed by atoms with Gasteiger partial charge in [0.1, 0.15) is 6.17 Å². The Balaban J connectivity index is 2.11. The van der Waals surface area contributed by atoms with Gasteiger partial charge in [-0.25, -0.2) is 0 Å². The summed E-state index contributed by atoms with van der Waals surface area (Å²) in [7, 11) is 0. The van der Waals surface area contributed by atoms with Crippen LogP contribution in [0.2, 0.25) is 0 Å². The first-order valence-electron chi connectivity index (χ1n) is 6.97. The standard InChI is InChI=1S/C17H22N2/c1-12-8-6-7-9-15(12)19-13(2)16-17(4,5)10-11-18(16)14(19)3/h6-11,14H,1-5H3. The third kappa shape index (κ3) is 1.62. The maximum absolute atomic E-state index is 2.45. The Bertz CT molecular complexity index is 581. The summed E-state index contributed by atoms with van der Waals surface area (Å²) in [6.45, 7) is 11.3. The zero-order valence-electron chi connectivity index (χ0n) is 12.4. The first kappa shape index (κ1) is 12.3. The van der Waals surface area contributed by atoms with Crippen LogP contribution in [0.3, 0.4) is 0 Å². The summed E-state index contributed by atoms with van der Waals surface area (Å²) in [6.07, 6.45) is 4.90. The molecular weight excluding hydrogens is 232 g/mol. The maximum atomic E-state index is 2.45. The molecule has 0 spiro atoms. The van der Waals surface area contributed by atoms with Crippen LogP contribution in [0.25, 0.3) is 0 Å². The average molecular weight is 254 g/mol. The number of benzene rings is 1. The zero-order valence-corrected chi connectivity index (χ0v) is 12.4. The van der Waals surface area contributed by atoms with Crippen molar-refractivity contribution in [1.82, 2.24) is 4.90 Å². The lowest BCUT2D eigenvalue weighted by Gasteiger charge is -2.30. The lowest BCUT2D eigenvalue weighted by atomic mass is 9.90. The molecule has 0 N–H and O–H groups in total. The summed E-state index contributed by atoms with van der Waals surface area (Å²) >= 11 is 0. The number of anilines is 1. The van der Waals surface area contributed by atoms with Gasteiger partial charge in [0.25, 0.3) is 0 Å². The normalized spacial score (nSPS) is 24.4. The Hall–Kier alpha value is -1.70. The number of hydrogen-bond donors (Lipinski definition) is 0. The minimum atomic E-state index is 0.135. The van der Waals surface area contributed by atoms with Crippen molar-refractivity contribution in [2.75, 3.05) is 4.90 Å². The van der Waals surface area contributed by atoms with E-state index in [-0.39, 0.29) is 5.41 Å². The minimum Gasteiger partial charge on any atom is -0.328 e. The monoisotopic (exact) mass is 254 g/mol. The van der Waals surface area contributed by atoms with Crippen LogP contribution >= 0.6 is 0 Å². The van der Waals surface area contributed by atoms with E-state index in [2.05, 4.69) is 81.0 Å². The second kappa shape index (κ2) is 3.89. The van der Waals surface area contributed by atoms with Gasteiger partial charge in [0, 0.05) is 28.7 Å². The molecule has 0 bridgehead atoms. The Morgan fingerprint density at radius 1 is 1.11 bits per heavy atom. The second-order valence-corrected chi connectivity index (χ2v) is 6.17. The van der Waals surface area contributed by atoms with Gasteiger partial charge in [0.05, 0.1) is 0 Å². The van der Waals surface area contributed by atoms with Gasteiger partial charge in [0.2, 0.25) is 0 Å². The van der Waals surface area contributed by atoms with Crippen molar-refractivity contribution in [2.45, 2.75) is 40.8 Å². The topological polar surface area (TPSA) is 6.48 Å². The molecule has 1 aromatic rings.